The molecule has 0 aliphatic carbocycles. The van der Waals surface area contributed by atoms with Gasteiger partial charge in [0.15, 0.2) is 0 Å². The maximum atomic E-state index is 12.1. The van der Waals surface area contributed by atoms with Gasteiger partial charge in [0.2, 0.25) is 0 Å². The molecule has 0 atom stereocenters. The van der Waals surface area contributed by atoms with E-state index in [1.807, 2.05) is 32.0 Å². The van der Waals surface area contributed by atoms with Crippen molar-refractivity contribution in [2.45, 2.75) is 20.5 Å². The zero-order chi connectivity index (χ0) is 15.4. The fourth-order valence-corrected chi connectivity index (χ4v) is 2.02. The number of nitrogen functional groups attached to an aromatic ring is 1. The zero-order valence-corrected chi connectivity index (χ0v) is 12.5. The first kappa shape index (κ1) is 14.9. The summed E-state index contributed by atoms with van der Waals surface area (Å²) in [5.74, 6) is 0.0744. The van der Waals surface area contributed by atoms with E-state index in [1.165, 1.54) is 7.11 Å². The molecule has 110 valence electrons. The fourth-order valence-electron chi connectivity index (χ4n) is 2.02. The van der Waals surface area contributed by atoms with Crippen molar-refractivity contribution in [1.29, 1.82) is 0 Å². The molecule has 0 aromatic heterocycles. The minimum absolute atomic E-state index is 0.249. The Morgan fingerprint density at radius 2 is 1.90 bits per heavy atom. The molecular weight excluding hydrogens is 266 g/mol. The molecule has 2 N–H and O–H groups in total. The van der Waals surface area contributed by atoms with E-state index in [0.29, 0.717) is 17.0 Å². The van der Waals surface area contributed by atoms with Gasteiger partial charge in [0.1, 0.15) is 12.4 Å². The molecule has 2 aromatic rings. The third kappa shape index (κ3) is 3.54. The Morgan fingerprint density at radius 3 is 2.62 bits per heavy atom. The second-order valence-corrected chi connectivity index (χ2v) is 4.96. The topological polar surface area (TPSA) is 61.5 Å². The van der Waals surface area contributed by atoms with Crippen LogP contribution < -0.4 is 10.5 Å². The van der Waals surface area contributed by atoms with Gasteiger partial charge in [0.25, 0.3) is 0 Å². The molecule has 0 fully saturated rings. The van der Waals surface area contributed by atoms with Crippen LogP contribution in [0.5, 0.6) is 5.75 Å². The highest BCUT2D eigenvalue weighted by molar-refractivity contribution is 5.90. The van der Waals surface area contributed by atoms with E-state index in [0.717, 1.165) is 16.7 Å². The lowest BCUT2D eigenvalue weighted by atomic mass is 10.1. The molecule has 0 saturated heterocycles. The lowest BCUT2D eigenvalue weighted by Gasteiger charge is -2.10. The van der Waals surface area contributed by atoms with Gasteiger partial charge in [-0.3, -0.25) is 0 Å². The summed E-state index contributed by atoms with van der Waals surface area (Å²) < 4.78 is 10.5. The molecule has 0 saturated carbocycles. The van der Waals surface area contributed by atoms with Crippen LogP contribution >= 0.6 is 0 Å². The molecule has 0 radical (unpaired) electrons. The van der Waals surface area contributed by atoms with Crippen molar-refractivity contribution >= 4 is 11.7 Å². The van der Waals surface area contributed by atoms with E-state index in [9.17, 15) is 4.79 Å². The summed E-state index contributed by atoms with van der Waals surface area (Å²) >= 11 is 0. The van der Waals surface area contributed by atoms with Crippen molar-refractivity contribution in [3.05, 3.63) is 58.7 Å². The maximum Gasteiger partial charge on any atom is 0.338 e. The Hall–Kier alpha value is -2.49. The highest BCUT2D eigenvalue weighted by atomic mass is 16.5. The third-order valence-electron chi connectivity index (χ3n) is 3.33. The number of nitrogens with two attached hydrogens (primary N) is 1. The Bertz CT molecular complexity index is 665. The normalized spacial score (nSPS) is 10.2. The molecule has 0 unspecified atom stereocenters. The largest absolute Gasteiger partial charge is 0.495 e. The minimum Gasteiger partial charge on any atom is -0.495 e. The van der Waals surface area contributed by atoms with E-state index in [1.54, 1.807) is 18.2 Å². The summed E-state index contributed by atoms with van der Waals surface area (Å²) in [6.45, 7) is 4.25. The van der Waals surface area contributed by atoms with Crippen molar-refractivity contribution in [3.8, 4) is 5.75 Å². The van der Waals surface area contributed by atoms with E-state index < -0.39 is 5.97 Å². The van der Waals surface area contributed by atoms with Gasteiger partial charge in [-0.2, -0.15) is 0 Å². The number of ether oxygens (including phenoxy) is 2. The maximum absolute atomic E-state index is 12.1. The van der Waals surface area contributed by atoms with E-state index in [-0.39, 0.29) is 6.61 Å². The number of carbonyl (C=O) groups is 1. The highest BCUT2D eigenvalue weighted by Crippen LogP contribution is 2.23. The Kier molecular flexibility index (Phi) is 4.48. The lowest BCUT2D eigenvalue weighted by molar-refractivity contribution is 0.0471. The first-order chi connectivity index (χ1) is 10.0. The van der Waals surface area contributed by atoms with E-state index in [4.69, 9.17) is 15.2 Å². The second-order valence-electron chi connectivity index (χ2n) is 4.96. The molecule has 0 aliphatic rings. The number of aryl methyl sites for hydroxylation is 2. The molecule has 21 heavy (non-hydrogen) atoms. The highest BCUT2D eigenvalue weighted by Gasteiger charge is 2.11. The van der Waals surface area contributed by atoms with Gasteiger partial charge < -0.3 is 15.2 Å². The van der Waals surface area contributed by atoms with Crippen molar-refractivity contribution in [3.63, 3.8) is 0 Å². The number of benzene rings is 2. The van der Waals surface area contributed by atoms with Gasteiger partial charge in [-0.15, -0.1) is 0 Å². The van der Waals surface area contributed by atoms with E-state index >= 15 is 0 Å². The minimum atomic E-state index is -0.394. The van der Waals surface area contributed by atoms with Crippen LogP contribution in [0.2, 0.25) is 0 Å². The van der Waals surface area contributed by atoms with Gasteiger partial charge >= 0.3 is 5.97 Å². The summed E-state index contributed by atoms with van der Waals surface area (Å²) in [6, 6.07) is 10.9. The van der Waals surface area contributed by atoms with Gasteiger partial charge in [-0.05, 0) is 43.2 Å². The number of anilines is 1. The SMILES string of the molecule is COc1cc(C(=O)OCc2cc(C)ccc2C)ccc1N. The smallest absolute Gasteiger partial charge is 0.338 e. The van der Waals surface area contributed by atoms with Crippen LogP contribution in [0.4, 0.5) is 5.69 Å². The summed E-state index contributed by atoms with van der Waals surface area (Å²) in [4.78, 5) is 12.1. The van der Waals surface area contributed by atoms with Gasteiger partial charge in [0.05, 0.1) is 18.4 Å². The summed E-state index contributed by atoms with van der Waals surface area (Å²) in [6.07, 6.45) is 0. The Balaban J connectivity index is 2.10. The van der Waals surface area contributed by atoms with Gasteiger partial charge in [-0.1, -0.05) is 23.8 Å². The molecule has 0 aliphatic heterocycles. The first-order valence-corrected chi connectivity index (χ1v) is 6.68. The molecule has 2 rings (SSSR count). The quantitative estimate of drug-likeness (QED) is 0.692. The number of rotatable bonds is 4. The third-order valence-corrected chi connectivity index (χ3v) is 3.33. The number of methoxy groups -OCH3 is 1. The summed E-state index contributed by atoms with van der Waals surface area (Å²) in [7, 11) is 1.51. The van der Waals surface area contributed by atoms with Crippen LogP contribution in [-0.2, 0) is 11.3 Å². The molecule has 0 bridgehead atoms. The molecule has 4 heteroatoms. The standard InChI is InChI=1S/C17H19NO3/c1-11-4-5-12(2)14(8-11)10-21-17(19)13-6-7-15(18)16(9-13)20-3/h4-9H,10,18H2,1-3H3. The van der Waals surface area contributed by atoms with Crippen LogP contribution in [-0.4, -0.2) is 13.1 Å². The predicted octanol–water partition coefficient (Wildman–Crippen LogP) is 3.25. The Morgan fingerprint density at radius 1 is 1.14 bits per heavy atom. The number of carbonyl (C=O) groups excluding carboxylic acids is 1. The van der Waals surface area contributed by atoms with Crippen molar-refractivity contribution in [1.82, 2.24) is 0 Å². The van der Waals surface area contributed by atoms with Gasteiger partial charge in [0, 0.05) is 0 Å². The van der Waals surface area contributed by atoms with E-state index in [2.05, 4.69) is 0 Å². The lowest BCUT2D eigenvalue weighted by Crippen LogP contribution is -2.07. The van der Waals surface area contributed by atoms with Crippen molar-refractivity contribution in [2.24, 2.45) is 0 Å². The molecule has 2 aromatic carbocycles. The molecular formula is C17H19NO3. The summed E-state index contributed by atoms with van der Waals surface area (Å²) in [5.41, 5.74) is 9.88. The average molecular weight is 285 g/mol. The Labute approximate surface area is 124 Å². The first-order valence-electron chi connectivity index (χ1n) is 6.68. The van der Waals surface area contributed by atoms with Gasteiger partial charge in [-0.25, -0.2) is 4.79 Å². The predicted molar refractivity (Wildman–Crippen MR) is 82.4 cm³/mol. The molecule has 0 spiro atoms. The molecule has 0 amide bonds. The summed E-state index contributed by atoms with van der Waals surface area (Å²) in [5, 5.41) is 0. The van der Waals surface area contributed by atoms with Crippen LogP contribution in [0.25, 0.3) is 0 Å². The average Bonchev–Trinajstić information content (AvgIpc) is 2.48. The van der Waals surface area contributed by atoms with Crippen molar-refractivity contribution < 1.29 is 14.3 Å². The number of hydrogen-bond acceptors (Lipinski definition) is 4. The zero-order valence-electron chi connectivity index (χ0n) is 12.5. The second kappa shape index (κ2) is 6.31. The monoisotopic (exact) mass is 285 g/mol. The number of esters is 1. The van der Waals surface area contributed by atoms with Crippen LogP contribution in [0, 0.1) is 13.8 Å². The van der Waals surface area contributed by atoms with Crippen LogP contribution in [0.15, 0.2) is 36.4 Å². The molecule has 4 nitrogen and oxygen atoms in total. The fraction of sp³-hybridized carbons (Fsp3) is 0.235. The van der Waals surface area contributed by atoms with Crippen molar-refractivity contribution in [2.75, 3.05) is 12.8 Å². The van der Waals surface area contributed by atoms with Crippen LogP contribution in [0.1, 0.15) is 27.0 Å². The molecule has 0 heterocycles. The van der Waals surface area contributed by atoms with Crippen LogP contribution in [0.3, 0.4) is 0 Å². The number of hydrogen-bond donors (Lipinski definition) is 1.